The zero-order valence-corrected chi connectivity index (χ0v) is 21.5. The summed E-state index contributed by atoms with van der Waals surface area (Å²) in [7, 11) is 0. The number of hydrogen-bond acceptors (Lipinski definition) is 3. The summed E-state index contributed by atoms with van der Waals surface area (Å²) in [4.78, 5) is 29.1. The Balaban J connectivity index is 2.17. The Morgan fingerprint density at radius 2 is 1.75 bits per heavy atom. The summed E-state index contributed by atoms with van der Waals surface area (Å²) in [5.41, 5.74) is 1.97. The van der Waals surface area contributed by atoms with Crippen LogP contribution in [0.15, 0.2) is 47.4 Å². The van der Waals surface area contributed by atoms with Gasteiger partial charge in [-0.15, -0.1) is 11.8 Å². The highest BCUT2D eigenvalue weighted by molar-refractivity contribution is 7.99. The fraction of sp³-hybridized carbons (Fsp3) is 0.440. The average molecular weight is 496 g/mol. The molecule has 7 heteroatoms. The summed E-state index contributed by atoms with van der Waals surface area (Å²) in [6, 6.07) is 12.9. The predicted molar refractivity (Wildman–Crippen MR) is 136 cm³/mol. The summed E-state index contributed by atoms with van der Waals surface area (Å²) >= 11 is 14.1. The Kier molecular flexibility index (Phi) is 10.9. The predicted octanol–water partition coefficient (Wildman–Crippen LogP) is 6.51. The van der Waals surface area contributed by atoms with Gasteiger partial charge in [0.15, 0.2) is 0 Å². The SMILES string of the molecule is CCC(C)NC(=O)C(CC)N(Cc1ccc(Cl)cc1Cl)C(=O)CCSc1ccc(C)cc1. The van der Waals surface area contributed by atoms with Crippen LogP contribution < -0.4 is 5.32 Å². The van der Waals surface area contributed by atoms with Crippen molar-refractivity contribution in [3.63, 3.8) is 0 Å². The lowest BCUT2D eigenvalue weighted by molar-refractivity contribution is -0.141. The quantitative estimate of drug-likeness (QED) is 0.362. The van der Waals surface area contributed by atoms with E-state index in [-0.39, 0.29) is 24.4 Å². The number of thioether (sulfide) groups is 1. The molecule has 0 saturated heterocycles. The van der Waals surface area contributed by atoms with Gasteiger partial charge < -0.3 is 10.2 Å². The smallest absolute Gasteiger partial charge is 0.243 e. The van der Waals surface area contributed by atoms with Gasteiger partial charge in [0.25, 0.3) is 0 Å². The van der Waals surface area contributed by atoms with Crippen molar-refractivity contribution in [2.75, 3.05) is 5.75 Å². The Labute approximate surface area is 206 Å². The first kappa shape index (κ1) is 26.6. The molecule has 32 heavy (non-hydrogen) atoms. The maximum absolute atomic E-state index is 13.3. The van der Waals surface area contributed by atoms with Crippen LogP contribution in [0.1, 0.15) is 51.2 Å². The van der Waals surface area contributed by atoms with Gasteiger partial charge in [-0.3, -0.25) is 9.59 Å². The molecule has 2 aromatic carbocycles. The van der Waals surface area contributed by atoms with Crippen molar-refractivity contribution in [1.82, 2.24) is 10.2 Å². The van der Waals surface area contributed by atoms with Gasteiger partial charge in [0.05, 0.1) is 0 Å². The van der Waals surface area contributed by atoms with Crippen LogP contribution in [0.3, 0.4) is 0 Å². The van der Waals surface area contributed by atoms with Gasteiger partial charge >= 0.3 is 0 Å². The number of nitrogens with one attached hydrogen (secondary N) is 1. The van der Waals surface area contributed by atoms with Crippen LogP contribution in [-0.2, 0) is 16.1 Å². The third-order valence-corrected chi connectivity index (χ3v) is 6.95. The van der Waals surface area contributed by atoms with Crippen LogP contribution in [0.5, 0.6) is 0 Å². The van der Waals surface area contributed by atoms with Crippen molar-refractivity contribution in [3.8, 4) is 0 Å². The fourth-order valence-corrected chi connectivity index (χ4v) is 4.54. The summed E-state index contributed by atoms with van der Waals surface area (Å²) < 4.78 is 0. The minimum atomic E-state index is -0.562. The molecule has 0 saturated carbocycles. The van der Waals surface area contributed by atoms with Gasteiger partial charge in [0.2, 0.25) is 11.8 Å². The zero-order valence-electron chi connectivity index (χ0n) is 19.2. The third kappa shape index (κ3) is 8.02. The highest BCUT2D eigenvalue weighted by atomic mass is 35.5. The Bertz CT molecular complexity index is 905. The van der Waals surface area contributed by atoms with E-state index in [0.29, 0.717) is 28.6 Å². The topological polar surface area (TPSA) is 49.4 Å². The Morgan fingerprint density at radius 1 is 1.06 bits per heavy atom. The van der Waals surface area contributed by atoms with E-state index in [1.165, 1.54) is 5.56 Å². The van der Waals surface area contributed by atoms with E-state index in [1.54, 1.807) is 28.8 Å². The molecule has 0 aliphatic rings. The van der Waals surface area contributed by atoms with Crippen molar-refractivity contribution in [1.29, 1.82) is 0 Å². The molecule has 0 heterocycles. The van der Waals surface area contributed by atoms with Crippen molar-refractivity contribution in [2.45, 2.75) is 70.5 Å². The molecule has 0 radical (unpaired) electrons. The lowest BCUT2D eigenvalue weighted by Crippen LogP contribution is -2.50. The largest absolute Gasteiger partial charge is 0.352 e. The molecular weight excluding hydrogens is 463 g/mol. The standard InChI is InChI=1S/C25H32Cl2N2O2S/c1-5-18(4)28-25(31)23(6-2)29(16-19-9-10-20(26)15-22(19)27)24(30)13-14-32-21-11-7-17(3)8-12-21/h7-12,15,18,23H,5-6,13-14,16H2,1-4H3,(H,28,31). The lowest BCUT2D eigenvalue weighted by atomic mass is 10.1. The molecule has 1 N–H and O–H groups in total. The highest BCUT2D eigenvalue weighted by Gasteiger charge is 2.29. The van der Waals surface area contributed by atoms with E-state index in [0.717, 1.165) is 16.9 Å². The maximum atomic E-state index is 13.3. The molecule has 0 aliphatic carbocycles. The van der Waals surface area contributed by atoms with E-state index >= 15 is 0 Å². The summed E-state index contributed by atoms with van der Waals surface area (Å²) in [6.45, 7) is 8.21. The van der Waals surface area contributed by atoms with E-state index in [4.69, 9.17) is 23.2 Å². The Morgan fingerprint density at radius 3 is 2.34 bits per heavy atom. The van der Waals surface area contributed by atoms with E-state index in [9.17, 15) is 9.59 Å². The maximum Gasteiger partial charge on any atom is 0.243 e. The molecule has 2 atom stereocenters. The zero-order chi connectivity index (χ0) is 23.7. The van der Waals surface area contributed by atoms with E-state index in [1.807, 2.05) is 33.8 Å². The summed E-state index contributed by atoms with van der Waals surface area (Å²) in [5.74, 6) is 0.434. The molecule has 0 aliphatic heterocycles. The molecule has 2 amide bonds. The second kappa shape index (κ2) is 13.1. The minimum absolute atomic E-state index is 0.0460. The number of carbonyl (C=O) groups is 2. The second-order valence-electron chi connectivity index (χ2n) is 7.91. The molecule has 0 spiro atoms. The van der Waals surface area contributed by atoms with E-state index in [2.05, 4.69) is 29.6 Å². The fourth-order valence-electron chi connectivity index (χ4n) is 3.23. The number of carbonyl (C=O) groups excluding carboxylic acids is 2. The van der Waals surface area contributed by atoms with Crippen molar-refractivity contribution >= 4 is 46.8 Å². The van der Waals surface area contributed by atoms with Gasteiger partial charge in [-0.2, -0.15) is 0 Å². The lowest BCUT2D eigenvalue weighted by Gasteiger charge is -2.31. The first-order valence-electron chi connectivity index (χ1n) is 11.0. The number of rotatable bonds is 11. The molecule has 0 aromatic heterocycles. The second-order valence-corrected chi connectivity index (χ2v) is 9.92. The van der Waals surface area contributed by atoms with Gasteiger partial charge in [0.1, 0.15) is 6.04 Å². The average Bonchev–Trinajstić information content (AvgIpc) is 2.76. The summed E-state index contributed by atoms with van der Waals surface area (Å²) in [5, 5.41) is 4.04. The highest BCUT2D eigenvalue weighted by Crippen LogP contribution is 2.25. The van der Waals surface area contributed by atoms with Crippen molar-refractivity contribution < 1.29 is 9.59 Å². The number of hydrogen-bond donors (Lipinski definition) is 1. The van der Waals surface area contributed by atoms with E-state index < -0.39 is 6.04 Å². The minimum Gasteiger partial charge on any atom is -0.352 e. The first-order chi connectivity index (χ1) is 15.2. The molecule has 0 fully saturated rings. The van der Waals surface area contributed by atoms with Gasteiger partial charge in [-0.25, -0.2) is 0 Å². The molecule has 174 valence electrons. The molecule has 2 unspecified atom stereocenters. The van der Waals surface area contributed by atoms with Gasteiger partial charge in [-0.05, 0) is 56.5 Å². The van der Waals surface area contributed by atoms with Crippen LogP contribution >= 0.6 is 35.0 Å². The van der Waals surface area contributed by atoms with Gasteiger partial charge in [0, 0.05) is 39.7 Å². The molecular formula is C25H32Cl2N2O2S. The van der Waals surface area contributed by atoms with Gasteiger partial charge in [-0.1, -0.05) is 60.8 Å². The molecule has 2 rings (SSSR count). The number of benzene rings is 2. The third-order valence-electron chi connectivity index (χ3n) is 5.35. The molecule has 2 aromatic rings. The van der Waals surface area contributed by atoms with Crippen LogP contribution in [0.25, 0.3) is 0 Å². The van der Waals surface area contributed by atoms with Crippen LogP contribution in [0, 0.1) is 6.92 Å². The van der Waals surface area contributed by atoms with Crippen molar-refractivity contribution in [3.05, 3.63) is 63.6 Å². The number of aryl methyl sites for hydroxylation is 1. The summed E-state index contributed by atoms with van der Waals surface area (Å²) in [6.07, 6.45) is 1.67. The molecule has 4 nitrogen and oxygen atoms in total. The van der Waals surface area contributed by atoms with Crippen LogP contribution in [0.4, 0.5) is 0 Å². The normalized spacial score (nSPS) is 12.8. The number of nitrogens with zero attached hydrogens (tertiary/aromatic N) is 1. The monoisotopic (exact) mass is 494 g/mol. The van der Waals surface area contributed by atoms with Crippen molar-refractivity contribution in [2.24, 2.45) is 0 Å². The first-order valence-corrected chi connectivity index (χ1v) is 12.7. The van der Waals surface area contributed by atoms with Crippen LogP contribution in [-0.4, -0.2) is 34.6 Å². The molecule has 0 bridgehead atoms. The number of amides is 2. The number of halogens is 2. The Hall–Kier alpha value is -1.69. The van der Waals surface area contributed by atoms with Crippen LogP contribution in [0.2, 0.25) is 10.0 Å².